The molecule has 1 aromatic carbocycles. The lowest BCUT2D eigenvalue weighted by atomic mass is 10.1. The molecule has 0 radical (unpaired) electrons. The first-order valence-corrected chi connectivity index (χ1v) is 7.47. The van der Waals surface area contributed by atoms with Gasteiger partial charge in [0.2, 0.25) is 0 Å². The van der Waals surface area contributed by atoms with Crippen molar-refractivity contribution in [2.45, 2.75) is 19.0 Å². The number of aromatic nitrogens is 2. The van der Waals surface area contributed by atoms with Gasteiger partial charge in [-0.2, -0.15) is 16.9 Å². The number of nitrogens with one attached hydrogen (secondary N) is 2. The van der Waals surface area contributed by atoms with E-state index in [9.17, 15) is 0 Å². The van der Waals surface area contributed by atoms with Crippen LogP contribution in [-0.2, 0) is 6.54 Å². The molecule has 0 aliphatic carbocycles. The first-order chi connectivity index (χ1) is 8.92. The lowest BCUT2D eigenvalue weighted by Crippen LogP contribution is -2.27. The molecule has 1 aromatic heterocycles. The third-order valence-electron chi connectivity index (χ3n) is 3.29. The van der Waals surface area contributed by atoms with E-state index in [2.05, 4.69) is 39.8 Å². The highest BCUT2D eigenvalue weighted by atomic mass is 32.2. The molecule has 2 aromatic rings. The van der Waals surface area contributed by atoms with Gasteiger partial charge in [-0.05, 0) is 29.4 Å². The Hall–Kier alpha value is -1.26. The van der Waals surface area contributed by atoms with Gasteiger partial charge in [-0.1, -0.05) is 24.3 Å². The van der Waals surface area contributed by atoms with E-state index in [4.69, 9.17) is 0 Å². The average Bonchev–Trinajstić information content (AvgIpc) is 3.10. The van der Waals surface area contributed by atoms with Crippen molar-refractivity contribution in [3.05, 3.63) is 42.1 Å². The van der Waals surface area contributed by atoms with Gasteiger partial charge in [-0.15, -0.1) is 0 Å². The van der Waals surface area contributed by atoms with E-state index in [1.807, 2.05) is 17.8 Å². The Morgan fingerprint density at radius 1 is 1.28 bits per heavy atom. The van der Waals surface area contributed by atoms with Gasteiger partial charge in [0.1, 0.15) is 0 Å². The van der Waals surface area contributed by atoms with Gasteiger partial charge in [0.15, 0.2) is 0 Å². The van der Waals surface area contributed by atoms with E-state index < -0.39 is 0 Å². The van der Waals surface area contributed by atoms with Crippen molar-refractivity contribution in [1.82, 2.24) is 15.5 Å². The Morgan fingerprint density at radius 2 is 2.17 bits per heavy atom. The molecule has 0 bridgehead atoms. The van der Waals surface area contributed by atoms with Crippen LogP contribution in [0.4, 0.5) is 0 Å². The molecule has 0 amide bonds. The third kappa shape index (κ3) is 2.76. The lowest BCUT2D eigenvalue weighted by Gasteiger charge is -2.11. The number of aromatic amines is 1. The molecule has 1 saturated heterocycles. The zero-order valence-corrected chi connectivity index (χ0v) is 11.0. The van der Waals surface area contributed by atoms with Crippen LogP contribution in [0, 0.1) is 0 Å². The fourth-order valence-electron chi connectivity index (χ4n) is 2.18. The molecular formula is C14H17N3S. The molecule has 0 spiro atoms. The highest BCUT2D eigenvalue weighted by Crippen LogP contribution is 2.19. The van der Waals surface area contributed by atoms with E-state index in [0.717, 1.165) is 12.2 Å². The molecule has 4 heteroatoms. The summed E-state index contributed by atoms with van der Waals surface area (Å²) >= 11 is 2.04. The van der Waals surface area contributed by atoms with E-state index in [1.165, 1.54) is 29.1 Å². The Balaban J connectivity index is 1.60. The molecule has 1 unspecified atom stereocenters. The second kappa shape index (κ2) is 5.59. The predicted molar refractivity (Wildman–Crippen MR) is 76.6 cm³/mol. The van der Waals surface area contributed by atoms with Gasteiger partial charge >= 0.3 is 0 Å². The van der Waals surface area contributed by atoms with Crippen LogP contribution in [0.2, 0.25) is 0 Å². The fourth-order valence-corrected chi connectivity index (χ4v) is 3.36. The largest absolute Gasteiger partial charge is 0.309 e. The Kier molecular flexibility index (Phi) is 3.67. The van der Waals surface area contributed by atoms with Crippen LogP contribution in [0.1, 0.15) is 12.0 Å². The van der Waals surface area contributed by atoms with E-state index in [1.54, 1.807) is 6.20 Å². The topological polar surface area (TPSA) is 40.7 Å². The molecule has 0 saturated carbocycles. The molecule has 2 heterocycles. The molecule has 2 N–H and O–H groups in total. The van der Waals surface area contributed by atoms with Gasteiger partial charge in [0, 0.05) is 24.5 Å². The summed E-state index contributed by atoms with van der Waals surface area (Å²) in [6.45, 7) is 0.967. The van der Waals surface area contributed by atoms with Crippen LogP contribution < -0.4 is 5.32 Å². The normalized spacial score (nSPS) is 19.2. The number of H-pyrrole nitrogens is 1. The number of rotatable bonds is 4. The van der Waals surface area contributed by atoms with Gasteiger partial charge in [0.25, 0.3) is 0 Å². The average molecular weight is 259 g/mol. The predicted octanol–water partition coefficient (Wildman–Crippen LogP) is 2.67. The molecular weight excluding hydrogens is 242 g/mol. The molecule has 3 nitrogen and oxygen atoms in total. The van der Waals surface area contributed by atoms with Gasteiger partial charge in [-0.3, -0.25) is 5.10 Å². The lowest BCUT2D eigenvalue weighted by molar-refractivity contribution is 0.558. The van der Waals surface area contributed by atoms with Crippen LogP contribution in [0.15, 0.2) is 36.5 Å². The van der Waals surface area contributed by atoms with Crippen molar-refractivity contribution in [2.75, 3.05) is 11.5 Å². The molecule has 1 aliphatic rings. The van der Waals surface area contributed by atoms with Gasteiger partial charge in [-0.25, -0.2) is 0 Å². The molecule has 1 atom stereocenters. The number of thioether (sulfide) groups is 1. The van der Waals surface area contributed by atoms with Crippen LogP contribution in [-0.4, -0.2) is 27.7 Å². The van der Waals surface area contributed by atoms with Crippen molar-refractivity contribution >= 4 is 11.8 Å². The van der Waals surface area contributed by atoms with Crippen molar-refractivity contribution in [3.8, 4) is 11.3 Å². The maximum atomic E-state index is 3.97. The van der Waals surface area contributed by atoms with E-state index in [0.29, 0.717) is 6.04 Å². The minimum absolute atomic E-state index is 0.697. The Morgan fingerprint density at radius 3 is 2.83 bits per heavy atom. The Bertz CT molecular complexity index is 472. The summed E-state index contributed by atoms with van der Waals surface area (Å²) in [5.74, 6) is 2.56. The quantitative estimate of drug-likeness (QED) is 0.887. The smallest absolute Gasteiger partial charge is 0.0650 e. The Labute approximate surface area is 111 Å². The molecule has 3 rings (SSSR count). The molecule has 1 fully saturated rings. The second-order valence-corrected chi connectivity index (χ2v) is 5.76. The third-order valence-corrected chi connectivity index (χ3v) is 4.45. The van der Waals surface area contributed by atoms with E-state index >= 15 is 0 Å². The maximum Gasteiger partial charge on any atom is 0.0650 e. The van der Waals surface area contributed by atoms with Gasteiger partial charge < -0.3 is 5.32 Å². The summed E-state index contributed by atoms with van der Waals surface area (Å²) in [6.07, 6.45) is 3.08. The first-order valence-electron chi connectivity index (χ1n) is 6.31. The van der Waals surface area contributed by atoms with Crippen molar-refractivity contribution < 1.29 is 0 Å². The SMILES string of the molecule is c1cc(-c2ccc(CNC3CCSC3)cc2)[nH]n1. The number of benzene rings is 1. The zero-order chi connectivity index (χ0) is 12.2. The minimum atomic E-state index is 0.697. The number of hydrogen-bond acceptors (Lipinski definition) is 3. The molecule has 1 aliphatic heterocycles. The van der Waals surface area contributed by atoms with Crippen LogP contribution >= 0.6 is 11.8 Å². The van der Waals surface area contributed by atoms with Gasteiger partial charge in [0.05, 0.1) is 5.69 Å². The highest BCUT2D eigenvalue weighted by molar-refractivity contribution is 7.99. The summed E-state index contributed by atoms with van der Waals surface area (Å²) in [6, 6.07) is 11.4. The van der Waals surface area contributed by atoms with Crippen molar-refractivity contribution in [3.63, 3.8) is 0 Å². The number of hydrogen-bond donors (Lipinski definition) is 2. The maximum absolute atomic E-state index is 3.97. The van der Waals surface area contributed by atoms with Crippen LogP contribution in [0.25, 0.3) is 11.3 Å². The summed E-state index contributed by atoms with van der Waals surface area (Å²) in [4.78, 5) is 0. The first kappa shape index (κ1) is 11.8. The number of nitrogens with zero attached hydrogens (tertiary/aromatic N) is 1. The minimum Gasteiger partial charge on any atom is -0.309 e. The van der Waals surface area contributed by atoms with Crippen molar-refractivity contribution in [2.24, 2.45) is 0 Å². The molecule has 18 heavy (non-hydrogen) atoms. The highest BCUT2D eigenvalue weighted by Gasteiger charge is 2.14. The van der Waals surface area contributed by atoms with E-state index in [-0.39, 0.29) is 0 Å². The molecule has 94 valence electrons. The summed E-state index contributed by atoms with van der Waals surface area (Å²) in [5.41, 5.74) is 3.60. The standard InChI is InChI=1S/C14H17N3S/c1-3-12(14-5-7-16-17-14)4-2-11(1)9-15-13-6-8-18-10-13/h1-5,7,13,15H,6,8-10H2,(H,16,17). The monoisotopic (exact) mass is 259 g/mol. The summed E-state index contributed by atoms with van der Waals surface area (Å²) < 4.78 is 0. The van der Waals surface area contributed by atoms with Crippen LogP contribution in [0.3, 0.4) is 0 Å². The summed E-state index contributed by atoms with van der Waals surface area (Å²) in [5, 5.41) is 10.6. The van der Waals surface area contributed by atoms with Crippen molar-refractivity contribution in [1.29, 1.82) is 0 Å². The summed E-state index contributed by atoms with van der Waals surface area (Å²) in [7, 11) is 0. The second-order valence-electron chi connectivity index (χ2n) is 4.61. The van der Waals surface area contributed by atoms with Crippen LogP contribution in [0.5, 0.6) is 0 Å². The zero-order valence-electron chi connectivity index (χ0n) is 10.2. The fraction of sp³-hybridized carbons (Fsp3) is 0.357.